The average molecular weight is 476 g/mol. The van der Waals surface area contributed by atoms with E-state index in [1.165, 1.54) is 0 Å². The first-order valence-electron chi connectivity index (χ1n) is 4.49. The lowest BCUT2D eigenvalue weighted by Crippen LogP contribution is -2.59. The van der Waals surface area contributed by atoms with Crippen molar-refractivity contribution in [2.24, 2.45) is 5.41 Å². The van der Waals surface area contributed by atoms with Gasteiger partial charge < -0.3 is 10.2 Å². The molecule has 0 aromatic rings. The van der Waals surface area contributed by atoms with Gasteiger partial charge in [0.25, 0.3) is 0 Å². The summed E-state index contributed by atoms with van der Waals surface area (Å²) in [7, 11) is 0. The molecule has 0 rings (SSSR count). The van der Waals surface area contributed by atoms with Crippen molar-refractivity contribution in [3.63, 3.8) is 0 Å². The second kappa shape index (κ2) is 5.22. The Hall–Kier alpha value is 1.84. The molecule has 0 heterocycles. The van der Waals surface area contributed by atoms with Crippen molar-refractivity contribution < 1.29 is 10.2 Å². The van der Waals surface area contributed by atoms with Crippen molar-refractivity contribution in [3.8, 4) is 0 Å². The van der Waals surface area contributed by atoms with Crippen molar-refractivity contribution in [2.75, 3.05) is 0 Å². The maximum absolute atomic E-state index is 10.4. The second-order valence-corrected chi connectivity index (χ2v) is 9.37. The van der Waals surface area contributed by atoms with Crippen LogP contribution in [0.4, 0.5) is 0 Å². The molecule has 0 aliphatic rings. The molecule has 0 aliphatic heterocycles. The lowest BCUT2D eigenvalue weighted by Gasteiger charge is -2.49. The molecule has 0 aromatic carbocycles. The second-order valence-electron chi connectivity index (χ2n) is 4.20. The Morgan fingerprint density at radius 1 is 0.867 bits per heavy atom. The van der Waals surface area contributed by atoms with E-state index in [0.29, 0.717) is 0 Å². The first-order valence-corrected chi connectivity index (χ1v) is 7.91. The SMILES string of the molecule is CC(Br)C(O)(Br)C(C)(C)C(O)(Br)C(C)Br. The molecule has 0 radical (unpaired) electrons. The third-order valence-electron chi connectivity index (χ3n) is 2.81. The molecule has 2 nitrogen and oxygen atoms in total. The lowest BCUT2D eigenvalue weighted by atomic mass is 9.78. The first-order chi connectivity index (χ1) is 6.39. The Morgan fingerprint density at radius 2 is 1.07 bits per heavy atom. The van der Waals surface area contributed by atoms with Crippen molar-refractivity contribution in [2.45, 2.75) is 46.4 Å². The fourth-order valence-corrected chi connectivity index (χ4v) is 3.26. The van der Waals surface area contributed by atoms with Gasteiger partial charge in [-0.2, -0.15) is 0 Å². The Kier molecular flexibility index (Phi) is 5.87. The highest BCUT2D eigenvalue weighted by Gasteiger charge is 2.57. The zero-order valence-corrected chi connectivity index (χ0v) is 15.4. The van der Waals surface area contributed by atoms with E-state index in [2.05, 4.69) is 63.7 Å². The van der Waals surface area contributed by atoms with Crippen LogP contribution in [0.2, 0.25) is 0 Å². The number of alkyl halides is 4. The number of hydrogen-bond acceptors (Lipinski definition) is 2. The van der Waals surface area contributed by atoms with E-state index >= 15 is 0 Å². The minimum Gasteiger partial charge on any atom is -0.377 e. The van der Waals surface area contributed by atoms with Crippen LogP contribution < -0.4 is 0 Å². The molecule has 15 heavy (non-hydrogen) atoms. The van der Waals surface area contributed by atoms with E-state index in [9.17, 15) is 10.2 Å². The molecule has 4 unspecified atom stereocenters. The van der Waals surface area contributed by atoms with Crippen LogP contribution in [0.5, 0.6) is 0 Å². The van der Waals surface area contributed by atoms with Crippen LogP contribution in [0.25, 0.3) is 0 Å². The molecule has 92 valence electrons. The predicted octanol–water partition coefficient (Wildman–Crippen LogP) is 3.75. The van der Waals surface area contributed by atoms with Crippen molar-refractivity contribution in [1.29, 1.82) is 0 Å². The van der Waals surface area contributed by atoms with Gasteiger partial charge in [0, 0.05) is 5.41 Å². The van der Waals surface area contributed by atoms with Gasteiger partial charge in [-0.15, -0.1) is 0 Å². The van der Waals surface area contributed by atoms with E-state index in [0.717, 1.165) is 0 Å². The van der Waals surface area contributed by atoms with Crippen LogP contribution in [0.15, 0.2) is 0 Å². The number of rotatable bonds is 4. The molecule has 0 saturated carbocycles. The fourth-order valence-electron chi connectivity index (χ4n) is 1.24. The minimum atomic E-state index is -1.24. The average Bonchev–Trinajstić information content (AvgIpc) is 2.02. The largest absolute Gasteiger partial charge is 0.377 e. The van der Waals surface area contributed by atoms with Gasteiger partial charge in [-0.25, -0.2) is 0 Å². The quantitative estimate of drug-likeness (QED) is 0.608. The summed E-state index contributed by atoms with van der Waals surface area (Å²) in [6.45, 7) is 7.20. The van der Waals surface area contributed by atoms with Gasteiger partial charge in [-0.05, 0) is 13.8 Å². The van der Waals surface area contributed by atoms with Gasteiger partial charge in [0.1, 0.15) is 9.02 Å². The van der Waals surface area contributed by atoms with E-state index in [4.69, 9.17) is 0 Å². The molecule has 2 N–H and O–H groups in total. The Labute approximate surface area is 125 Å². The topological polar surface area (TPSA) is 40.5 Å². The molecular weight excluding hydrogens is 460 g/mol. The first kappa shape index (κ1) is 16.8. The zero-order chi connectivity index (χ0) is 12.7. The standard InChI is InChI=1S/C9H16Br4O2/c1-5(10)8(12,14)7(3,4)9(13,15)6(2)11/h5-6,14-15H,1-4H3. The molecule has 0 saturated heterocycles. The number of hydrogen-bond donors (Lipinski definition) is 2. The van der Waals surface area contributed by atoms with Crippen LogP contribution in [0.3, 0.4) is 0 Å². The maximum Gasteiger partial charge on any atom is 0.140 e. The van der Waals surface area contributed by atoms with Crippen LogP contribution in [-0.4, -0.2) is 28.9 Å². The normalized spacial score (nSPS) is 25.2. The summed E-state index contributed by atoms with van der Waals surface area (Å²) in [5.41, 5.74) is -0.814. The monoisotopic (exact) mass is 472 g/mol. The summed E-state index contributed by atoms with van der Waals surface area (Å²) in [5, 5.41) is 20.7. The highest BCUT2D eigenvalue weighted by molar-refractivity contribution is 9.13. The molecule has 0 bridgehead atoms. The third kappa shape index (κ3) is 2.99. The fraction of sp³-hybridized carbons (Fsp3) is 1.00. The summed E-state index contributed by atoms with van der Waals surface area (Å²) in [6.07, 6.45) is 0. The van der Waals surface area contributed by atoms with Gasteiger partial charge in [0.2, 0.25) is 0 Å². The number of halogens is 4. The Bertz CT molecular complexity index is 202. The molecule has 6 heteroatoms. The predicted molar refractivity (Wildman–Crippen MR) is 78.3 cm³/mol. The van der Waals surface area contributed by atoms with Gasteiger partial charge >= 0.3 is 0 Å². The Balaban J connectivity index is 5.30. The summed E-state index contributed by atoms with van der Waals surface area (Å²) < 4.78 is -2.47. The van der Waals surface area contributed by atoms with Gasteiger partial charge in [-0.3, -0.25) is 0 Å². The Morgan fingerprint density at radius 3 is 1.20 bits per heavy atom. The van der Waals surface area contributed by atoms with Gasteiger partial charge in [0.05, 0.1) is 9.65 Å². The van der Waals surface area contributed by atoms with Crippen LogP contribution in [0, 0.1) is 5.41 Å². The van der Waals surface area contributed by atoms with Crippen LogP contribution >= 0.6 is 63.7 Å². The molecule has 0 amide bonds. The molecule has 0 aliphatic carbocycles. The van der Waals surface area contributed by atoms with Gasteiger partial charge in [0.15, 0.2) is 0 Å². The van der Waals surface area contributed by atoms with E-state index < -0.39 is 14.4 Å². The van der Waals surface area contributed by atoms with E-state index in [1.54, 1.807) is 13.8 Å². The molecular formula is C9H16Br4O2. The minimum absolute atomic E-state index is 0.213. The van der Waals surface area contributed by atoms with Gasteiger partial charge in [-0.1, -0.05) is 77.6 Å². The van der Waals surface area contributed by atoms with E-state index in [-0.39, 0.29) is 9.65 Å². The summed E-state index contributed by atoms with van der Waals surface area (Å²) in [4.78, 5) is -0.425. The smallest absolute Gasteiger partial charge is 0.140 e. The summed E-state index contributed by atoms with van der Waals surface area (Å²) in [6, 6.07) is 0. The summed E-state index contributed by atoms with van der Waals surface area (Å²) >= 11 is 13.2. The van der Waals surface area contributed by atoms with Crippen molar-refractivity contribution in [1.82, 2.24) is 0 Å². The maximum atomic E-state index is 10.4. The molecule has 0 aromatic heterocycles. The zero-order valence-electron chi connectivity index (χ0n) is 9.06. The highest BCUT2D eigenvalue weighted by atomic mass is 79.9. The molecule has 0 spiro atoms. The summed E-state index contributed by atoms with van der Waals surface area (Å²) in [5.74, 6) is 0. The number of aliphatic hydroxyl groups is 2. The third-order valence-corrected chi connectivity index (χ3v) is 8.72. The van der Waals surface area contributed by atoms with Crippen LogP contribution in [-0.2, 0) is 0 Å². The van der Waals surface area contributed by atoms with Crippen LogP contribution in [0.1, 0.15) is 27.7 Å². The highest BCUT2D eigenvalue weighted by Crippen LogP contribution is 2.53. The van der Waals surface area contributed by atoms with E-state index in [1.807, 2.05) is 13.8 Å². The lowest BCUT2D eigenvalue weighted by molar-refractivity contribution is -0.0755. The van der Waals surface area contributed by atoms with Crippen molar-refractivity contribution in [3.05, 3.63) is 0 Å². The molecule has 4 atom stereocenters. The molecule has 0 fully saturated rings. The van der Waals surface area contributed by atoms with Crippen molar-refractivity contribution >= 4 is 63.7 Å².